The van der Waals surface area contributed by atoms with E-state index in [0.29, 0.717) is 22.8 Å². The Morgan fingerprint density at radius 1 is 0.968 bits per heavy atom. The number of methoxy groups -OCH3 is 2. The molecule has 1 aliphatic heterocycles. The van der Waals surface area contributed by atoms with Crippen LogP contribution in [0.1, 0.15) is 16.1 Å². The molecule has 0 saturated carbocycles. The van der Waals surface area contributed by atoms with Crippen molar-refractivity contribution in [2.75, 3.05) is 40.4 Å². The topological polar surface area (TPSA) is 89.3 Å². The summed E-state index contributed by atoms with van der Waals surface area (Å²) in [6.45, 7) is 2.81. The quantitative estimate of drug-likeness (QED) is 0.601. The van der Waals surface area contributed by atoms with Crippen molar-refractivity contribution in [2.24, 2.45) is 0 Å². The van der Waals surface area contributed by atoms with E-state index < -0.39 is 10.0 Å². The van der Waals surface area contributed by atoms with Gasteiger partial charge in [0.2, 0.25) is 10.0 Å². The van der Waals surface area contributed by atoms with Crippen molar-refractivity contribution in [1.29, 1.82) is 0 Å². The van der Waals surface area contributed by atoms with Gasteiger partial charge in [-0.1, -0.05) is 18.2 Å². The lowest BCUT2D eigenvalue weighted by Crippen LogP contribution is -2.50. The number of amides is 1. The lowest BCUT2D eigenvalue weighted by molar-refractivity contribution is 0.0667. The Morgan fingerprint density at radius 3 is 2.29 bits per heavy atom. The fraction of sp³-hybridized carbons (Fsp3) is 0.318. The maximum absolute atomic E-state index is 13.1. The third kappa shape index (κ3) is 3.75. The van der Waals surface area contributed by atoms with E-state index >= 15 is 0 Å². The molecule has 8 nitrogen and oxygen atoms in total. The maximum atomic E-state index is 13.1. The number of aryl methyl sites for hydroxylation is 1. The van der Waals surface area contributed by atoms with Crippen molar-refractivity contribution < 1.29 is 27.1 Å². The zero-order valence-corrected chi connectivity index (χ0v) is 18.4. The Bertz CT molecular complexity index is 1230. The minimum Gasteiger partial charge on any atom is -0.493 e. The number of furan rings is 1. The molecule has 1 aromatic heterocycles. The first-order chi connectivity index (χ1) is 14.9. The third-order valence-electron chi connectivity index (χ3n) is 5.56. The number of fused-ring (bicyclic) bond motifs is 1. The van der Waals surface area contributed by atoms with E-state index in [9.17, 15) is 13.2 Å². The van der Waals surface area contributed by atoms with Crippen molar-refractivity contribution in [2.45, 2.75) is 11.8 Å². The van der Waals surface area contributed by atoms with Crippen molar-refractivity contribution in [3.8, 4) is 11.5 Å². The molecule has 1 saturated heterocycles. The van der Waals surface area contributed by atoms with Crippen LogP contribution in [0.4, 0.5) is 0 Å². The highest BCUT2D eigenvalue weighted by Crippen LogP contribution is 2.31. The molecule has 1 fully saturated rings. The Kier molecular flexibility index (Phi) is 5.63. The smallest absolute Gasteiger partial charge is 0.289 e. The minimum atomic E-state index is -3.73. The Hall–Kier alpha value is -3.04. The SMILES string of the molecule is COc1ccc(S(=O)(=O)N2CCN(C(=O)c3oc4ccccc4c3C)CC2)cc1OC. The first-order valence-electron chi connectivity index (χ1n) is 9.86. The lowest BCUT2D eigenvalue weighted by atomic mass is 10.1. The molecular formula is C22H24N2O6S. The van der Waals surface area contributed by atoms with Crippen LogP contribution < -0.4 is 9.47 Å². The predicted octanol–water partition coefficient (Wildman–Crippen LogP) is 2.91. The predicted molar refractivity (Wildman–Crippen MR) is 115 cm³/mol. The molecule has 3 aromatic rings. The number of piperazine rings is 1. The molecule has 0 spiro atoms. The van der Waals surface area contributed by atoms with Gasteiger partial charge in [0.25, 0.3) is 5.91 Å². The van der Waals surface area contributed by atoms with Crippen LogP contribution in [-0.4, -0.2) is 63.9 Å². The first kappa shape index (κ1) is 21.2. The second-order valence-electron chi connectivity index (χ2n) is 7.27. The number of hydrogen-bond donors (Lipinski definition) is 0. The first-order valence-corrected chi connectivity index (χ1v) is 11.3. The van der Waals surface area contributed by atoms with E-state index in [-0.39, 0.29) is 37.0 Å². The maximum Gasteiger partial charge on any atom is 0.289 e. The third-order valence-corrected chi connectivity index (χ3v) is 7.45. The zero-order chi connectivity index (χ0) is 22.2. The van der Waals surface area contributed by atoms with E-state index in [1.54, 1.807) is 11.0 Å². The molecular weight excluding hydrogens is 420 g/mol. The molecule has 4 rings (SSSR count). The van der Waals surface area contributed by atoms with Gasteiger partial charge in [0.1, 0.15) is 5.58 Å². The number of benzene rings is 2. The van der Waals surface area contributed by atoms with Crippen LogP contribution in [-0.2, 0) is 10.0 Å². The van der Waals surface area contributed by atoms with Gasteiger partial charge in [0.05, 0.1) is 19.1 Å². The summed E-state index contributed by atoms with van der Waals surface area (Å²) in [5.41, 5.74) is 1.46. The van der Waals surface area contributed by atoms with Gasteiger partial charge in [0, 0.05) is 43.2 Å². The number of nitrogens with zero attached hydrogens (tertiary/aromatic N) is 2. The van der Waals surface area contributed by atoms with Crippen LogP contribution in [0.5, 0.6) is 11.5 Å². The van der Waals surface area contributed by atoms with Crippen molar-refractivity contribution >= 4 is 26.9 Å². The van der Waals surface area contributed by atoms with Gasteiger partial charge in [-0.15, -0.1) is 0 Å². The summed E-state index contributed by atoms with van der Waals surface area (Å²) in [6.07, 6.45) is 0. The molecule has 9 heteroatoms. The lowest BCUT2D eigenvalue weighted by Gasteiger charge is -2.33. The number of ether oxygens (including phenoxy) is 2. The van der Waals surface area contributed by atoms with Crippen LogP contribution in [0.3, 0.4) is 0 Å². The molecule has 1 aliphatic rings. The number of sulfonamides is 1. The number of carbonyl (C=O) groups is 1. The summed E-state index contributed by atoms with van der Waals surface area (Å²) in [7, 11) is -0.777. The van der Waals surface area contributed by atoms with Gasteiger partial charge in [-0.05, 0) is 25.1 Å². The van der Waals surface area contributed by atoms with Crippen molar-refractivity contribution in [1.82, 2.24) is 9.21 Å². The van der Waals surface area contributed by atoms with Crippen molar-refractivity contribution in [3.63, 3.8) is 0 Å². The average Bonchev–Trinajstić information content (AvgIpc) is 3.14. The summed E-state index contributed by atoms with van der Waals surface area (Å²) in [6, 6.07) is 12.0. The van der Waals surface area contributed by atoms with Gasteiger partial charge < -0.3 is 18.8 Å². The monoisotopic (exact) mass is 444 g/mol. The summed E-state index contributed by atoms with van der Waals surface area (Å²) < 4.78 is 43.7. The van der Waals surface area contributed by atoms with Gasteiger partial charge in [-0.25, -0.2) is 8.42 Å². The molecule has 0 unspecified atom stereocenters. The molecule has 0 atom stereocenters. The Labute approximate surface area is 181 Å². The van der Waals surface area contributed by atoms with Crippen LogP contribution in [0.2, 0.25) is 0 Å². The van der Waals surface area contributed by atoms with E-state index in [1.807, 2.05) is 31.2 Å². The molecule has 0 radical (unpaired) electrons. The molecule has 164 valence electrons. The number of carbonyl (C=O) groups excluding carboxylic acids is 1. The summed E-state index contributed by atoms with van der Waals surface area (Å²) in [4.78, 5) is 14.8. The van der Waals surface area contributed by atoms with Crippen molar-refractivity contribution in [3.05, 3.63) is 53.8 Å². The summed E-state index contributed by atoms with van der Waals surface area (Å²) >= 11 is 0. The average molecular weight is 445 g/mol. The molecule has 31 heavy (non-hydrogen) atoms. The molecule has 1 amide bonds. The van der Waals surface area contributed by atoms with Crippen LogP contribution in [0.15, 0.2) is 51.8 Å². The minimum absolute atomic E-state index is 0.123. The van der Waals surface area contributed by atoms with Crippen LogP contribution >= 0.6 is 0 Å². The summed E-state index contributed by atoms with van der Waals surface area (Å²) in [5, 5.41) is 0.903. The molecule has 0 aliphatic carbocycles. The number of para-hydroxylation sites is 1. The Morgan fingerprint density at radius 2 is 1.65 bits per heavy atom. The number of hydrogen-bond acceptors (Lipinski definition) is 6. The van der Waals surface area contributed by atoms with E-state index in [2.05, 4.69) is 0 Å². The molecule has 0 bridgehead atoms. The van der Waals surface area contributed by atoms with Gasteiger partial charge in [-0.3, -0.25) is 4.79 Å². The fourth-order valence-electron chi connectivity index (χ4n) is 3.78. The van der Waals surface area contributed by atoms with Gasteiger partial charge in [-0.2, -0.15) is 4.31 Å². The number of rotatable bonds is 5. The highest BCUT2D eigenvalue weighted by molar-refractivity contribution is 7.89. The second-order valence-corrected chi connectivity index (χ2v) is 9.20. The summed E-state index contributed by atoms with van der Waals surface area (Å²) in [5.74, 6) is 0.880. The fourth-order valence-corrected chi connectivity index (χ4v) is 5.22. The zero-order valence-electron chi connectivity index (χ0n) is 17.6. The van der Waals surface area contributed by atoms with Crippen LogP contribution in [0.25, 0.3) is 11.0 Å². The van der Waals surface area contributed by atoms with E-state index in [0.717, 1.165) is 10.9 Å². The van der Waals surface area contributed by atoms with E-state index in [4.69, 9.17) is 13.9 Å². The Balaban J connectivity index is 1.50. The van der Waals surface area contributed by atoms with E-state index in [1.165, 1.54) is 30.7 Å². The molecule has 2 heterocycles. The highest BCUT2D eigenvalue weighted by Gasteiger charge is 2.32. The van der Waals surface area contributed by atoms with Gasteiger partial charge in [0.15, 0.2) is 17.3 Å². The molecule has 0 N–H and O–H groups in total. The largest absolute Gasteiger partial charge is 0.493 e. The highest BCUT2D eigenvalue weighted by atomic mass is 32.2. The van der Waals surface area contributed by atoms with Crippen LogP contribution in [0, 0.1) is 6.92 Å². The van der Waals surface area contributed by atoms with Gasteiger partial charge >= 0.3 is 0 Å². The second kappa shape index (κ2) is 8.24. The molecule has 2 aromatic carbocycles. The normalized spacial score (nSPS) is 15.3. The standard InChI is InChI=1S/C22H24N2O6S/c1-15-17-6-4-5-7-18(17)30-21(15)22(25)23-10-12-24(13-11-23)31(26,27)16-8-9-19(28-2)20(14-16)29-3/h4-9,14H,10-13H2,1-3H3.